The average molecular weight is 1160 g/mol. The number of benzene rings is 4. The second-order valence-electron chi connectivity index (χ2n) is 23.1. The van der Waals surface area contributed by atoms with Crippen molar-refractivity contribution in [3.8, 4) is 0 Å². The number of nitrogens with zero attached hydrogens (tertiary/aromatic N) is 8. The van der Waals surface area contributed by atoms with Crippen LogP contribution in [0.5, 0.6) is 0 Å². The van der Waals surface area contributed by atoms with Gasteiger partial charge in [0.15, 0.2) is 0 Å². The molecule has 0 aliphatic carbocycles. The Labute approximate surface area is 486 Å². The van der Waals surface area contributed by atoms with Crippen LogP contribution >= 0.6 is 94.1 Å². The summed E-state index contributed by atoms with van der Waals surface area (Å²) in [4.78, 5) is 15.7. The van der Waals surface area contributed by atoms with Crippen molar-refractivity contribution in [3.05, 3.63) is 145 Å². The van der Waals surface area contributed by atoms with Gasteiger partial charge >= 0.3 is 0 Å². The highest BCUT2D eigenvalue weighted by Crippen LogP contribution is 2.56. The van der Waals surface area contributed by atoms with Crippen molar-refractivity contribution in [1.82, 2.24) is 39.1 Å². The molecule has 0 radical (unpaired) electrons. The fourth-order valence-electron chi connectivity index (χ4n) is 8.38. The van der Waals surface area contributed by atoms with Crippen LogP contribution in [-0.2, 0) is 47.8 Å². The van der Waals surface area contributed by atoms with E-state index in [1.807, 2.05) is 143 Å². The van der Waals surface area contributed by atoms with Crippen molar-refractivity contribution < 1.29 is 0 Å². The van der Waals surface area contributed by atoms with Gasteiger partial charge in [-0.25, -0.2) is 0 Å². The molecule has 0 N–H and O–H groups in total. The van der Waals surface area contributed by atoms with Crippen molar-refractivity contribution in [1.29, 1.82) is 0 Å². The Morgan fingerprint density at radius 3 is 0.645 bits per heavy atom. The zero-order chi connectivity index (χ0) is 53.8. The minimum atomic E-state index is -0.103. The fraction of sp³-hybridized carbons (Fsp3) is 0.400. The molecule has 1 aliphatic heterocycles. The van der Waals surface area contributed by atoms with Crippen LogP contribution in [0.25, 0.3) is 0 Å². The standard InChI is InChI=1S/C60H72N8S8/c1-57(2,3)41-33-45-53(69-29-25-65-21-13-17-61-65)46(34-41)74-48-36-43(59(7,8)9)38-50(55(48)71-31-27-67-23-15-19-63-67)76-52-40-44(60(10,11)12)39-51(56(52)72-32-28-68-24-16-20-64-68)75-49-37-42(58(4,5)6)35-47(73-45)54(49)70-30-26-66-22-14-18-62-66/h13-24,33-40H,25-32H2,1-12H3. The maximum absolute atomic E-state index is 4.64. The van der Waals surface area contributed by atoms with Gasteiger partial charge in [0.05, 0.1) is 26.2 Å². The summed E-state index contributed by atoms with van der Waals surface area (Å²) < 4.78 is 8.25. The summed E-state index contributed by atoms with van der Waals surface area (Å²) in [6, 6.07) is 28.2. The van der Waals surface area contributed by atoms with Gasteiger partial charge in [-0.3, -0.25) is 18.7 Å². The third-order valence-corrected chi connectivity index (χ3v) is 22.8. The SMILES string of the molecule is CC(C)(C)c1cc2c(SCCn3cccn3)c(c1)Sc1cc(C(C)(C)C)cc(c1SCCn1cccn1)Sc1cc(C(C)(C)C)cc(c1SCCn1cccn1)Sc1cc(C(C)(C)C)cc(c1SCCn1cccn1)S2. The molecule has 0 unspecified atom stereocenters. The maximum atomic E-state index is 4.64. The molecular weight excluding hydrogens is 1090 g/mol. The lowest BCUT2D eigenvalue weighted by Gasteiger charge is -2.28. The summed E-state index contributed by atoms with van der Waals surface area (Å²) in [5, 5.41) is 18.5. The summed E-state index contributed by atoms with van der Waals surface area (Å²) in [6.07, 6.45) is 15.9. The normalized spacial score (nSPS) is 13.4. The molecule has 5 heterocycles. The quantitative estimate of drug-likeness (QED) is 0.0866. The van der Waals surface area contributed by atoms with Gasteiger partial charge in [0.2, 0.25) is 0 Å². The van der Waals surface area contributed by atoms with Gasteiger partial charge in [-0.05, 0) is 117 Å². The first-order valence-electron chi connectivity index (χ1n) is 26.0. The first-order valence-corrected chi connectivity index (χ1v) is 33.2. The Kier molecular flexibility index (Phi) is 18.4. The van der Waals surface area contributed by atoms with Gasteiger partial charge in [-0.2, -0.15) is 20.4 Å². The lowest BCUT2D eigenvalue weighted by molar-refractivity contribution is 0.584. The Bertz CT molecular complexity index is 2670. The number of hydrogen-bond acceptors (Lipinski definition) is 12. The van der Waals surface area contributed by atoms with Crippen LogP contribution in [0.15, 0.2) is 181 Å². The summed E-state index contributed by atoms with van der Waals surface area (Å²) in [6.45, 7) is 31.6. The number of hydrogen-bond donors (Lipinski definition) is 0. The van der Waals surface area contributed by atoms with Gasteiger partial charge in [-0.1, -0.05) is 130 Å². The van der Waals surface area contributed by atoms with E-state index in [1.54, 1.807) is 0 Å². The van der Waals surface area contributed by atoms with Crippen molar-refractivity contribution in [2.24, 2.45) is 0 Å². The van der Waals surface area contributed by atoms with Crippen LogP contribution in [0.4, 0.5) is 0 Å². The number of thioether (sulfide) groups is 4. The van der Waals surface area contributed by atoms with E-state index in [4.69, 9.17) is 0 Å². The molecule has 4 aromatic heterocycles. The zero-order valence-electron chi connectivity index (χ0n) is 46.0. The first-order chi connectivity index (χ1) is 36.2. The van der Waals surface area contributed by atoms with Crippen LogP contribution in [0, 0.1) is 0 Å². The van der Waals surface area contributed by atoms with Gasteiger partial charge in [0.1, 0.15) is 0 Å². The molecule has 9 rings (SSSR count). The predicted octanol–water partition coefficient (Wildman–Crippen LogP) is 17.7. The summed E-state index contributed by atoms with van der Waals surface area (Å²) in [5.41, 5.74) is 4.92. The lowest BCUT2D eigenvalue weighted by Crippen LogP contribution is -2.13. The number of fused-ring (bicyclic) bond motifs is 8. The van der Waals surface area contributed by atoms with Crippen LogP contribution in [0.1, 0.15) is 105 Å². The number of aromatic nitrogens is 8. The van der Waals surface area contributed by atoms with E-state index in [1.165, 1.54) is 81.0 Å². The fourth-order valence-corrected chi connectivity index (χ4v) is 18.7. The van der Waals surface area contributed by atoms with Gasteiger partial charge < -0.3 is 0 Å². The molecule has 0 saturated carbocycles. The van der Waals surface area contributed by atoms with Crippen LogP contribution in [-0.4, -0.2) is 62.1 Å². The highest BCUT2D eigenvalue weighted by molar-refractivity contribution is 8.06. The van der Waals surface area contributed by atoms with Gasteiger partial charge in [0.25, 0.3) is 0 Å². The molecule has 4 aromatic carbocycles. The van der Waals surface area contributed by atoms with E-state index in [9.17, 15) is 0 Å². The largest absolute Gasteiger partial charge is 0.272 e. The van der Waals surface area contributed by atoms with E-state index in [-0.39, 0.29) is 21.7 Å². The van der Waals surface area contributed by atoms with Crippen LogP contribution in [0.2, 0.25) is 0 Å². The molecule has 0 fully saturated rings. The highest BCUT2D eigenvalue weighted by atomic mass is 32.2. The second-order valence-corrected chi connectivity index (χ2v) is 31.8. The van der Waals surface area contributed by atoms with Crippen molar-refractivity contribution in [2.75, 3.05) is 23.0 Å². The zero-order valence-corrected chi connectivity index (χ0v) is 52.6. The maximum Gasteiger partial charge on any atom is 0.0503 e. The molecule has 1 aliphatic rings. The highest BCUT2D eigenvalue weighted by Gasteiger charge is 2.30. The smallest absolute Gasteiger partial charge is 0.0503 e. The second kappa shape index (κ2) is 24.5. The van der Waals surface area contributed by atoms with Gasteiger partial charge in [0, 0.05) is 131 Å². The molecule has 16 heteroatoms. The average Bonchev–Trinajstić information content (AvgIpc) is 4.25. The summed E-state index contributed by atoms with van der Waals surface area (Å²) >= 11 is 15.7. The van der Waals surface area contributed by atoms with Crippen molar-refractivity contribution in [3.63, 3.8) is 0 Å². The minimum absolute atomic E-state index is 0.103. The molecule has 400 valence electrons. The third kappa shape index (κ3) is 14.7. The van der Waals surface area contributed by atoms with E-state index in [0.29, 0.717) is 0 Å². The van der Waals surface area contributed by atoms with Crippen LogP contribution in [0.3, 0.4) is 0 Å². The predicted molar refractivity (Wildman–Crippen MR) is 329 cm³/mol. The Morgan fingerprint density at radius 2 is 0.500 bits per heavy atom. The van der Waals surface area contributed by atoms with E-state index in [0.717, 1.165) is 49.2 Å². The Balaban J connectivity index is 1.33. The molecule has 8 aromatic rings. The van der Waals surface area contributed by atoms with E-state index < -0.39 is 0 Å². The minimum Gasteiger partial charge on any atom is -0.272 e. The monoisotopic (exact) mass is 1160 g/mol. The van der Waals surface area contributed by atoms with Crippen LogP contribution < -0.4 is 0 Å². The summed E-state index contributed by atoms with van der Waals surface area (Å²) in [5.74, 6) is 3.53. The molecule has 8 nitrogen and oxygen atoms in total. The molecule has 0 amide bonds. The van der Waals surface area contributed by atoms with Gasteiger partial charge in [-0.15, -0.1) is 47.0 Å². The Hall–Kier alpha value is -3.48. The molecule has 8 bridgehead atoms. The van der Waals surface area contributed by atoms with Crippen molar-refractivity contribution >= 4 is 94.1 Å². The van der Waals surface area contributed by atoms with Crippen molar-refractivity contribution in [2.45, 2.75) is 190 Å². The molecular formula is C60H72N8S8. The number of aryl methyl sites for hydroxylation is 4. The molecule has 76 heavy (non-hydrogen) atoms. The molecule has 0 atom stereocenters. The van der Waals surface area contributed by atoms with E-state index in [2.05, 4.69) is 196 Å². The molecule has 0 saturated heterocycles. The molecule has 0 spiro atoms. The Morgan fingerprint density at radius 1 is 0.316 bits per heavy atom. The summed E-state index contributed by atoms with van der Waals surface area (Å²) in [7, 11) is 0. The first kappa shape index (κ1) is 57.2. The lowest BCUT2D eigenvalue weighted by atomic mass is 9.87. The number of rotatable bonds is 16. The van der Waals surface area contributed by atoms with E-state index >= 15 is 0 Å². The topological polar surface area (TPSA) is 71.3 Å². The third-order valence-electron chi connectivity index (χ3n) is 12.9.